The van der Waals surface area contributed by atoms with Gasteiger partial charge in [-0.15, -0.1) is 0 Å². The summed E-state index contributed by atoms with van der Waals surface area (Å²) in [6.45, 7) is 0.878. The van der Waals surface area contributed by atoms with Gasteiger partial charge < -0.3 is 5.01 Å². The molecule has 1 aliphatic rings. The van der Waals surface area contributed by atoms with Crippen LogP contribution in [0.3, 0.4) is 0 Å². The number of hydrogen-bond acceptors (Lipinski definition) is 3. The van der Waals surface area contributed by atoms with E-state index < -0.39 is 0 Å². The molecule has 9 heavy (non-hydrogen) atoms. The molecule has 0 saturated carbocycles. The van der Waals surface area contributed by atoms with Gasteiger partial charge in [0.25, 0.3) is 0 Å². The molecule has 3 heteroatoms. The van der Waals surface area contributed by atoms with Gasteiger partial charge in [-0.25, -0.2) is 5.01 Å². The Hall–Kier alpha value is -0.830. The predicted octanol–water partition coefficient (Wildman–Crippen LogP) is 0.321. The molecule has 0 N–H and O–H groups in total. The molecular formula is C6H11N3. The molecule has 0 aliphatic carbocycles. The van der Waals surface area contributed by atoms with Crippen molar-refractivity contribution in [2.75, 3.05) is 20.6 Å². The van der Waals surface area contributed by atoms with Gasteiger partial charge in [0.1, 0.15) is 0 Å². The Morgan fingerprint density at radius 2 is 2.33 bits per heavy atom. The van der Waals surface area contributed by atoms with E-state index >= 15 is 0 Å². The van der Waals surface area contributed by atoms with Gasteiger partial charge in [0, 0.05) is 32.7 Å². The first-order chi connectivity index (χ1) is 4.30. The van der Waals surface area contributed by atoms with E-state index in [1.54, 1.807) is 6.20 Å². The van der Waals surface area contributed by atoms with Crippen molar-refractivity contribution < 1.29 is 0 Å². The van der Waals surface area contributed by atoms with Crippen molar-refractivity contribution in [3.8, 4) is 0 Å². The van der Waals surface area contributed by atoms with Crippen molar-refractivity contribution in [1.82, 2.24) is 10.0 Å². The molecule has 0 saturated heterocycles. The van der Waals surface area contributed by atoms with Crippen molar-refractivity contribution in [3.05, 3.63) is 12.4 Å². The fourth-order valence-corrected chi connectivity index (χ4v) is 0.665. The molecule has 0 atom stereocenters. The van der Waals surface area contributed by atoms with Gasteiger partial charge in [-0.3, -0.25) is 4.99 Å². The number of aliphatic imine (C=N–C) groups is 1. The van der Waals surface area contributed by atoms with Crippen LogP contribution in [0.5, 0.6) is 0 Å². The summed E-state index contributed by atoms with van der Waals surface area (Å²) in [6, 6.07) is 0. The van der Waals surface area contributed by atoms with Gasteiger partial charge in [0.05, 0.1) is 6.54 Å². The molecule has 0 bridgehead atoms. The quantitative estimate of drug-likeness (QED) is 0.502. The zero-order valence-electron chi connectivity index (χ0n) is 5.78. The number of hydrogen-bond donors (Lipinski definition) is 0. The van der Waals surface area contributed by atoms with E-state index in [-0.39, 0.29) is 0 Å². The van der Waals surface area contributed by atoms with Crippen LogP contribution in [0.4, 0.5) is 0 Å². The van der Waals surface area contributed by atoms with Crippen LogP contribution in [0, 0.1) is 0 Å². The van der Waals surface area contributed by atoms with E-state index in [1.165, 1.54) is 0 Å². The fraction of sp³-hybridized carbons (Fsp3) is 0.500. The molecule has 1 rings (SSSR count). The van der Waals surface area contributed by atoms with Gasteiger partial charge in [0.2, 0.25) is 0 Å². The summed E-state index contributed by atoms with van der Waals surface area (Å²) < 4.78 is 0. The van der Waals surface area contributed by atoms with Crippen LogP contribution in [0.1, 0.15) is 0 Å². The number of nitrogens with zero attached hydrogens (tertiary/aromatic N) is 3. The van der Waals surface area contributed by atoms with Crippen molar-refractivity contribution in [1.29, 1.82) is 0 Å². The van der Waals surface area contributed by atoms with Crippen LogP contribution >= 0.6 is 0 Å². The average Bonchev–Trinajstić information content (AvgIpc) is 1.90. The van der Waals surface area contributed by atoms with Crippen LogP contribution in [0.2, 0.25) is 0 Å². The highest BCUT2D eigenvalue weighted by Gasteiger charge is 1.99. The molecule has 0 unspecified atom stereocenters. The molecular weight excluding hydrogens is 114 g/mol. The second-order valence-electron chi connectivity index (χ2n) is 2.10. The first kappa shape index (κ1) is 6.29. The molecule has 0 aromatic carbocycles. The van der Waals surface area contributed by atoms with Crippen molar-refractivity contribution in [2.45, 2.75) is 0 Å². The van der Waals surface area contributed by atoms with Crippen molar-refractivity contribution in [3.63, 3.8) is 0 Å². The molecule has 50 valence electrons. The van der Waals surface area contributed by atoms with E-state index in [4.69, 9.17) is 0 Å². The predicted molar refractivity (Wildman–Crippen MR) is 38.0 cm³/mol. The Bertz CT molecular complexity index is 137. The third-order valence-electron chi connectivity index (χ3n) is 1.21. The summed E-state index contributed by atoms with van der Waals surface area (Å²) in [5.41, 5.74) is 0. The lowest BCUT2D eigenvalue weighted by Crippen LogP contribution is -2.34. The van der Waals surface area contributed by atoms with E-state index in [0.717, 1.165) is 6.54 Å². The smallest absolute Gasteiger partial charge is 0.0693 e. The lowest BCUT2D eigenvalue weighted by molar-refractivity contribution is 0.102. The average molecular weight is 125 g/mol. The van der Waals surface area contributed by atoms with Crippen LogP contribution in [-0.4, -0.2) is 36.9 Å². The maximum Gasteiger partial charge on any atom is 0.0693 e. The molecule has 3 nitrogen and oxygen atoms in total. The topological polar surface area (TPSA) is 18.8 Å². The largest absolute Gasteiger partial charge is 0.307 e. The van der Waals surface area contributed by atoms with Crippen LogP contribution in [0.15, 0.2) is 17.4 Å². The monoisotopic (exact) mass is 125 g/mol. The maximum atomic E-state index is 3.94. The first-order valence-electron chi connectivity index (χ1n) is 2.93. The molecule has 0 aromatic rings. The zero-order chi connectivity index (χ0) is 6.69. The molecule has 1 heterocycles. The summed E-state index contributed by atoms with van der Waals surface area (Å²) in [7, 11) is 4.01. The van der Waals surface area contributed by atoms with E-state index in [9.17, 15) is 0 Å². The minimum absolute atomic E-state index is 0.878. The molecule has 0 aromatic heterocycles. The van der Waals surface area contributed by atoms with Gasteiger partial charge in [0.15, 0.2) is 0 Å². The Labute approximate surface area is 55.3 Å². The highest BCUT2D eigenvalue weighted by Crippen LogP contribution is 1.95. The summed E-state index contributed by atoms with van der Waals surface area (Å²) >= 11 is 0. The fourth-order valence-electron chi connectivity index (χ4n) is 0.665. The highest BCUT2D eigenvalue weighted by molar-refractivity contribution is 5.61. The Kier molecular flexibility index (Phi) is 1.85. The summed E-state index contributed by atoms with van der Waals surface area (Å²) in [5, 5.41) is 4.08. The van der Waals surface area contributed by atoms with Gasteiger partial charge in [-0.2, -0.15) is 0 Å². The lowest BCUT2D eigenvalue weighted by Gasteiger charge is -2.26. The first-order valence-corrected chi connectivity index (χ1v) is 2.93. The van der Waals surface area contributed by atoms with E-state index in [0.29, 0.717) is 0 Å². The Balaban J connectivity index is 2.46. The normalized spacial score (nSPS) is 17.4. The Morgan fingerprint density at radius 1 is 1.56 bits per heavy atom. The second kappa shape index (κ2) is 2.64. The third kappa shape index (κ3) is 1.54. The van der Waals surface area contributed by atoms with E-state index in [1.807, 2.05) is 31.5 Å². The minimum Gasteiger partial charge on any atom is -0.307 e. The summed E-state index contributed by atoms with van der Waals surface area (Å²) in [5.74, 6) is 0. The van der Waals surface area contributed by atoms with Gasteiger partial charge in [-0.05, 0) is 0 Å². The third-order valence-corrected chi connectivity index (χ3v) is 1.21. The maximum absolute atomic E-state index is 3.94. The molecule has 0 spiro atoms. The van der Waals surface area contributed by atoms with Crippen molar-refractivity contribution >= 4 is 6.21 Å². The Morgan fingerprint density at radius 3 is 2.67 bits per heavy atom. The SMILES string of the molecule is CN(C)N1C=CN=CC1. The highest BCUT2D eigenvalue weighted by atomic mass is 15.6. The van der Waals surface area contributed by atoms with Crippen molar-refractivity contribution in [2.24, 2.45) is 4.99 Å². The molecule has 0 fully saturated rings. The molecule has 0 amide bonds. The van der Waals surface area contributed by atoms with Crippen LogP contribution in [-0.2, 0) is 0 Å². The van der Waals surface area contributed by atoms with Gasteiger partial charge in [-0.1, -0.05) is 0 Å². The zero-order valence-corrected chi connectivity index (χ0v) is 5.78. The van der Waals surface area contributed by atoms with Crippen LogP contribution < -0.4 is 0 Å². The van der Waals surface area contributed by atoms with Gasteiger partial charge >= 0.3 is 0 Å². The van der Waals surface area contributed by atoms with Crippen LogP contribution in [0.25, 0.3) is 0 Å². The minimum atomic E-state index is 0.878. The second-order valence-corrected chi connectivity index (χ2v) is 2.10. The summed E-state index contributed by atoms with van der Waals surface area (Å²) in [4.78, 5) is 3.94. The number of rotatable bonds is 1. The van der Waals surface area contributed by atoms with E-state index in [2.05, 4.69) is 10.0 Å². The lowest BCUT2D eigenvalue weighted by atomic mass is 10.6. The standard InChI is InChI=1S/C6H11N3/c1-8(2)9-5-3-7-4-6-9/h3-5H,6H2,1-2H3. The summed E-state index contributed by atoms with van der Waals surface area (Å²) in [6.07, 6.45) is 5.60. The molecule has 1 aliphatic heterocycles. The molecule has 0 radical (unpaired) electrons. The number of hydrazine groups is 1.